The first kappa shape index (κ1) is 19.8. The molecule has 0 saturated carbocycles. The van der Waals surface area contributed by atoms with Crippen LogP contribution in [0.15, 0.2) is 84.9 Å². The SMILES string of the molecule is Cc1ccc(C(=O)/C=C/c2cccc(/C=C/C(=O)Nc3ccccc3N)c2)cc1. The third kappa shape index (κ3) is 5.78. The molecule has 1 amide bonds. The Labute approximate surface area is 170 Å². The standard InChI is InChI=1S/C25H22N2O2/c1-18-9-13-21(14-10-18)24(28)15-11-19-5-4-6-20(17-19)12-16-25(29)27-23-8-3-2-7-22(23)26/h2-17H,26H2,1H3,(H,27,29)/b15-11+,16-12+. The van der Waals surface area contributed by atoms with E-state index in [0.29, 0.717) is 16.9 Å². The first-order valence-electron chi connectivity index (χ1n) is 9.24. The topological polar surface area (TPSA) is 72.2 Å². The highest BCUT2D eigenvalue weighted by Gasteiger charge is 2.02. The highest BCUT2D eigenvalue weighted by atomic mass is 16.1. The number of hydrogen-bond acceptors (Lipinski definition) is 3. The number of aryl methyl sites for hydroxylation is 1. The number of para-hydroxylation sites is 2. The molecule has 0 aliphatic rings. The molecule has 0 radical (unpaired) electrons. The van der Waals surface area contributed by atoms with E-state index in [1.165, 1.54) is 6.08 Å². The fourth-order valence-corrected chi connectivity index (χ4v) is 2.71. The Bertz CT molecular complexity index is 1080. The summed E-state index contributed by atoms with van der Waals surface area (Å²) in [5, 5.41) is 2.75. The first-order valence-corrected chi connectivity index (χ1v) is 9.24. The summed E-state index contributed by atoms with van der Waals surface area (Å²) in [4.78, 5) is 24.4. The Hall–Kier alpha value is -3.92. The van der Waals surface area contributed by atoms with Crippen molar-refractivity contribution in [1.29, 1.82) is 0 Å². The number of nitrogens with two attached hydrogens (primary N) is 1. The van der Waals surface area contributed by atoms with Crippen LogP contribution in [0.5, 0.6) is 0 Å². The number of nitrogens with one attached hydrogen (secondary N) is 1. The van der Waals surface area contributed by atoms with Gasteiger partial charge in [-0.25, -0.2) is 0 Å². The molecule has 0 aliphatic carbocycles. The maximum Gasteiger partial charge on any atom is 0.248 e. The summed E-state index contributed by atoms with van der Waals surface area (Å²) in [6.45, 7) is 1.98. The fourth-order valence-electron chi connectivity index (χ4n) is 2.71. The smallest absolute Gasteiger partial charge is 0.248 e. The zero-order valence-electron chi connectivity index (χ0n) is 16.1. The van der Waals surface area contributed by atoms with Crippen LogP contribution in [-0.4, -0.2) is 11.7 Å². The van der Waals surface area contributed by atoms with Gasteiger partial charge in [0.2, 0.25) is 5.91 Å². The Morgan fingerprint density at radius 2 is 1.48 bits per heavy atom. The number of allylic oxidation sites excluding steroid dienone is 1. The highest BCUT2D eigenvalue weighted by molar-refractivity contribution is 6.07. The van der Waals surface area contributed by atoms with E-state index in [1.54, 1.807) is 30.4 Å². The number of hydrogen-bond donors (Lipinski definition) is 2. The molecule has 3 aromatic rings. The molecular formula is C25H22N2O2. The number of nitrogen functional groups attached to an aromatic ring is 1. The average molecular weight is 382 g/mol. The van der Waals surface area contributed by atoms with Crippen LogP contribution in [0.1, 0.15) is 27.0 Å². The second kappa shape index (κ2) is 9.33. The molecule has 0 heterocycles. The van der Waals surface area contributed by atoms with E-state index in [1.807, 2.05) is 67.6 Å². The van der Waals surface area contributed by atoms with Crippen LogP contribution in [0.4, 0.5) is 11.4 Å². The van der Waals surface area contributed by atoms with Gasteiger partial charge < -0.3 is 11.1 Å². The molecule has 3 aromatic carbocycles. The Kier molecular flexibility index (Phi) is 6.38. The van der Waals surface area contributed by atoms with Gasteiger partial charge in [0.25, 0.3) is 0 Å². The molecule has 4 nitrogen and oxygen atoms in total. The molecular weight excluding hydrogens is 360 g/mol. The van der Waals surface area contributed by atoms with Crippen LogP contribution in [0, 0.1) is 6.92 Å². The van der Waals surface area contributed by atoms with Crippen molar-refractivity contribution < 1.29 is 9.59 Å². The predicted molar refractivity (Wildman–Crippen MR) is 120 cm³/mol. The van der Waals surface area contributed by atoms with Crippen molar-refractivity contribution in [2.45, 2.75) is 6.92 Å². The van der Waals surface area contributed by atoms with Crippen LogP contribution < -0.4 is 11.1 Å². The van der Waals surface area contributed by atoms with Gasteiger partial charge in [-0.2, -0.15) is 0 Å². The van der Waals surface area contributed by atoms with Gasteiger partial charge in [-0.1, -0.05) is 66.2 Å². The zero-order chi connectivity index (χ0) is 20.6. The third-order valence-electron chi connectivity index (χ3n) is 4.32. The molecule has 0 bridgehead atoms. The van der Waals surface area contributed by atoms with Crippen molar-refractivity contribution in [3.8, 4) is 0 Å². The second-order valence-corrected chi connectivity index (χ2v) is 6.64. The summed E-state index contributed by atoms with van der Waals surface area (Å²) < 4.78 is 0. The van der Waals surface area contributed by atoms with Gasteiger partial charge in [-0.3, -0.25) is 9.59 Å². The van der Waals surface area contributed by atoms with Gasteiger partial charge in [0.05, 0.1) is 11.4 Å². The Morgan fingerprint density at radius 3 is 2.17 bits per heavy atom. The number of carbonyl (C=O) groups excluding carboxylic acids is 2. The lowest BCUT2D eigenvalue weighted by Crippen LogP contribution is -2.09. The molecule has 0 aliphatic heterocycles. The highest BCUT2D eigenvalue weighted by Crippen LogP contribution is 2.17. The van der Waals surface area contributed by atoms with E-state index in [4.69, 9.17) is 5.73 Å². The normalized spacial score (nSPS) is 11.1. The molecule has 29 heavy (non-hydrogen) atoms. The summed E-state index contributed by atoms with van der Waals surface area (Å²) in [6, 6.07) is 22.1. The Morgan fingerprint density at radius 1 is 0.828 bits per heavy atom. The van der Waals surface area contributed by atoms with Gasteiger partial charge in [-0.15, -0.1) is 0 Å². The molecule has 0 spiro atoms. The average Bonchev–Trinajstić information content (AvgIpc) is 2.73. The molecule has 3 N–H and O–H groups in total. The molecule has 3 rings (SSSR count). The van der Waals surface area contributed by atoms with Crippen LogP contribution in [0.25, 0.3) is 12.2 Å². The van der Waals surface area contributed by atoms with Crippen molar-refractivity contribution in [1.82, 2.24) is 0 Å². The van der Waals surface area contributed by atoms with Gasteiger partial charge in [0, 0.05) is 11.6 Å². The molecule has 0 fully saturated rings. The summed E-state index contributed by atoms with van der Waals surface area (Å²) >= 11 is 0. The van der Waals surface area contributed by atoms with Crippen LogP contribution >= 0.6 is 0 Å². The molecule has 0 saturated heterocycles. The van der Waals surface area contributed by atoms with Crippen LogP contribution in [-0.2, 0) is 4.79 Å². The zero-order valence-corrected chi connectivity index (χ0v) is 16.1. The maximum atomic E-state index is 12.3. The largest absolute Gasteiger partial charge is 0.397 e. The first-order chi connectivity index (χ1) is 14.0. The fraction of sp³-hybridized carbons (Fsp3) is 0.0400. The summed E-state index contributed by atoms with van der Waals surface area (Å²) in [5.74, 6) is -0.316. The summed E-state index contributed by atoms with van der Waals surface area (Å²) in [7, 11) is 0. The van der Waals surface area contributed by atoms with Gasteiger partial charge in [0.15, 0.2) is 5.78 Å². The number of anilines is 2. The van der Waals surface area contributed by atoms with Crippen molar-refractivity contribution in [2.24, 2.45) is 0 Å². The van der Waals surface area contributed by atoms with E-state index in [-0.39, 0.29) is 11.7 Å². The molecule has 144 valence electrons. The van der Waals surface area contributed by atoms with Crippen LogP contribution in [0.2, 0.25) is 0 Å². The van der Waals surface area contributed by atoms with E-state index in [9.17, 15) is 9.59 Å². The molecule has 0 unspecified atom stereocenters. The van der Waals surface area contributed by atoms with Gasteiger partial charge in [0.1, 0.15) is 0 Å². The molecule has 0 aromatic heterocycles. The number of carbonyl (C=O) groups is 2. The predicted octanol–water partition coefficient (Wildman–Crippen LogP) is 5.13. The summed E-state index contributed by atoms with van der Waals surface area (Å²) in [6.07, 6.45) is 6.49. The quantitative estimate of drug-likeness (QED) is 0.353. The third-order valence-corrected chi connectivity index (χ3v) is 4.32. The van der Waals surface area contributed by atoms with Crippen molar-refractivity contribution in [3.63, 3.8) is 0 Å². The van der Waals surface area contributed by atoms with Crippen molar-refractivity contribution in [3.05, 3.63) is 107 Å². The number of benzene rings is 3. The van der Waals surface area contributed by atoms with E-state index < -0.39 is 0 Å². The lowest BCUT2D eigenvalue weighted by molar-refractivity contribution is -0.111. The molecule has 0 atom stereocenters. The van der Waals surface area contributed by atoms with Crippen molar-refractivity contribution in [2.75, 3.05) is 11.1 Å². The van der Waals surface area contributed by atoms with Gasteiger partial charge >= 0.3 is 0 Å². The minimum atomic E-state index is -0.265. The Balaban J connectivity index is 1.65. The number of amides is 1. The van der Waals surface area contributed by atoms with E-state index >= 15 is 0 Å². The monoisotopic (exact) mass is 382 g/mol. The van der Waals surface area contributed by atoms with E-state index in [0.717, 1.165) is 16.7 Å². The lowest BCUT2D eigenvalue weighted by atomic mass is 10.1. The van der Waals surface area contributed by atoms with E-state index in [2.05, 4.69) is 5.32 Å². The van der Waals surface area contributed by atoms with Crippen LogP contribution in [0.3, 0.4) is 0 Å². The lowest BCUT2D eigenvalue weighted by Gasteiger charge is -2.05. The molecule has 4 heteroatoms. The maximum absolute atomic E-state index is 12.3. The minimum Gasteiger partial charge on any atom is -0.397 e. The van der Waals surface area contributed by atoms with Gasteiger partial charge in [-0.05, 0) is 48.4 Å². The number of ketones is 1. The summed E-state index contributed by atoms with van der Waals surface area (Å²) in [5.41, 5.74) is 10.4. The second-order valence-electron chi connectivity index (χ2n) is 6.64. The van der Waals surface area contributed by atoms with Crippen molar-refractivity contribution >= 4 is 35.2 Å². The number of rotatable bonds is 6. The minimum absolute atomic E-state index is 0.0502.